The van der Waals surface area contributed by atoms with Crippen molar-refractivity contribution in [2.24, 2.45) is 0 Å². The van der Waals surface area contributed by atoms with Gasteiger partial charge >= 0.3 is 0 Å². The molecular formula is C10H8BrIO. The fourth-order valence-corrected chi connectivity index (χ4v) is 1.82. The second-order valence-corrected chi connectivity index (χ2v) is 4.83. The van der Waals surface area contributed by atoms with Crippen molar-refractivity contribution in [3.8, 4) is 0 Å². The predicted octanol–water partition coefficient (Wildman–Crippen LogP) is 3.81. The maximum absolute atomic E-state index is 11.6. The molecule has 0 saturated carbocycles. The molecule has 3 heteroatoms. The van der Waals surface area contributed by atoms with Gasteiger partial charge in [0.1, 0.15) is 0 Å². The molecule has 1 nitrogen and oxygen atoms in total. The second-order valence-electron chi connectivity index (χ2n) is 2.73. The van der Waals surface area contributed by atoms with E-state index >= 15 is 0 Å². The van der Waals surface area contributed by atoms with Crippen LogP contribution in [0.5, 0.6) is 0 Å². The zero-order valence-electron chi connectivity index (χ0n) is 7.10. The molecule has 68 valence electrons. The maximum Gasteiger partial charge on any atom is 0.189 e. The Morgan fingerprint density at radius 3 is 2.69 bits per heavy atom. The summed E-state index contributed by atoms with van der Waals surface area (Å²) in [5, 5.41) is 0. The lowest BCUT2D eigenvalue weighted by Gasteiger charge is -2.03. The summed E-state index contributed by atoms with van der Waals surface area (Å²) in [5.41, 5.74) is 1.24. The molecule has 0 N–H and O–H groups in total. The lowest BCUT2D eigenvalue weighted by Crippen LogP contribution is -2.00. The van der Waals surface area contributed by atoms with E-state index in [1.54, 1.807) is 6.92 Å². The molecule has 0 aliphatic heterocycles. The molecular weight excluding hydrogens is 343 g/mol. The number of ketones is 1. The molecule has 0 fully saturated rings. The molecule has 1 aromatic carbocycles. The third kappa shape index (κ3) is 2.64. The number of halogens is 2. The third-order valence-electron chi connectivity index (χ3n) is 1.56. The molecule has 0 bridgehead atoms. The zero-order valence-corrected chi connectivity index (χ0v) is 10.8. The van der Waals surface area contributed by atoms with E-state index in [0.29, 0.717) is 11.1 Å². The second kappa shape index (κ2) is 4.37. The first-order valence-corrected chi connectivity index (χ1v) is 5.55. The van der Waals surface area contributed by atoms with Crippen LogP contribution in [0.1, 0.15) is 17.3 Å². The highest BCUT2D eigenvalue weighted by molar-refractivity contribution is 14.1. The van der Waals surface area contributed by atoms with Gasteiger partial charge in [-0.05, 0) is 53.3 Å². The first-order valence-electron chi connectivity index (χ1n) is 3.67. The molecule has 0 aromatic heterocycles. The summed E-state index contributed by atoms with van der Waals surface area (Å²) in [7, 11) is 0. The van der Waals surface area contributed by atoms with Gasteiger partial charge in [-0.15, -0.1) is 0 Å². The molecule has 13 heavy (non-hydrogen) atoms. The Morgan fingerprint density at radius 1 is 1.54 bits per heavy atom. The molecule has 0 saturated heterocycles. The summed E-state index contributed by atoms with van der Waals surface area (Å²) in [6, 6.07) is 5.67. The van der Waals surface area contributed by atoms with Crippen LogP contribution in [0.25, 0.3) is 0 Å². The van der Waals surface area contributed by atoms with Gasteiger partial charge in [0.25, 0.3) is 0 Å². The topological polar surface area (TPSA) is 17.1 Å². The number of benzene rings is 1. The molecule has 1 rings (SSSR count). The van der Waals surface area contributed by atoms with E-state index in [2.05, 4.69) is 45.1 Å². The van der Waals surface area contributed by atoms with Crippen LogP contribution in [0.2, 0.25) is 0 Å². The van der Waals surface area contributed by atoms with Crippen LogP contribution >= 0.6 is 38.5 Å². The lowest BCUT2D eigenvalue weighted by molar-refractivity contribution is 0.103. The van der Waals surface area contributed by atoms with Crippen molar-refractivity contribution >= 4 is 44.3 Å². The lowest BCUT2D eigenvalue weighted by atomic mass is 10.1. The highest BCUT2D eigenvalue weighted by atomic mass is 127. The van der Waals surface area contributed by atoms with E-state index in [1.165, 1.54) is 0 Å². The van der Waals surface area contributed by atoms with Gasteiger partial charge in [-0.1, -0.05) is 22.5 Å². The monoisotopic (exact) mass is 350 g/mol. The first-order chi connectivity index (χ1) is 6.02. The number of carbonyl (C=O) groups excluding carboxylic acids is 1. The number of hydrogen-bond donors (Lipinski definition) is 0. The number of rotatable bonds is 2. The van der Waals surface area contributed by atoms with Gasteiger partial charge in [0, 0.05) is 13.6 Å². The number of carbonyl (C=O) groups is 1. The van der Waals surface area contributed by atoms with E-state index in [-0.39, 0.29) is 5.78 Å². The van der Waals surface area contributed by atoms with Crippen molar-refractivity contribution in [2.45, 2.75) is 6.92 Å². The molecule has 0 spiro atoms. The normalized spacial score (nSPS) is 9.77. The maximum atomic E-state index is 11.6. The van der Waals surface area contributed by atoms with Crippen LogP contribution in [0, 0.1) is 3.57 Å². The third-order valence-corrected chi connectivity index (χ3v) is 2.92. The minimum Gasteiger partial charge on any atom is -0.289 e. The van der Waals surface area contributed by atoms with E-state index in [4.69, 9.17) is 0 Å². The van der Waals surface area contributed by atoms with Gasteiger partial charge in [-0.2, -0.15) is 0 Å². The Bertz CT molecular complexity index is 371. The molecule has 0 aliphatic carbocycles. The molecule has 0 unspecified atom stereocenters. The van der Waals surface area contributed by atoms with Crippen molar-refractivity contribution in [2.75, 3.05) is 0 Å². The Kier molecular flexibility index (Phi) is 3.67. The Balaban J connectivity index is 3.21. The van der Waals surface area contributed by atoms with Gasteiger partial charge in [-0.3, -0.25) is 4.79 Å². The van der Waals surface area contributed by atoms with E-state index in [1.807, 2.05) is 18.2 Å². The van der Waals surface area contributed by atoms with E-state index in [0.717, 1.165) is 8.04 Å². The van der Waals surface area contributed by atoms with E-state index < -0.39 is 0 Å². The summed E-state index contributed by atoms with van der Waals surface area (Å²) in [6.07, 6.45) is 0. The minimum absolute atomic E-state index is 0.00890. The molecule has 0 heterocycles. The van der Waals surface area contributed by atoms with Crippen molar-refractivity contribution in [1.29, 1.82) is 0 Å². The van der Waals surface area contributed by atoms with Crippen molar-refractivity contribution < 1.29 is 4.79 Å². The molecule has 0 radical (unpaired) electrons. The number of hydrogen-bond acceptors (Lipinski definition) is 1. The fraction of sp³-hybridized carbons (Fsp3) is 0.100. The largest absolute Gasteiger partial charge is 0.289 e. The van der Waals surface area contributed by atoms with Gasteiger partial charge in [0.15, 0.2) is 5.78 Å². The number of Topliss-reactive ketones (excluding diaryl/α,β-unsaturated/α-hetero) is 1. The Hall–Kier alpha value is -0.160. The van der Waals surface area contributed by atoms with E-state index in [9.17, 15) is 4.79 Å². The van der Waals surface area contributed by atoms with Gasteiger partial charge < -0.3 is 0 Å². The molecule has 0 amide bonds. The molecule has 0 aliphatic rings. The summed E-state index contributed by atoms with van der Waals surface area (Å²) >= 11 is 5.51. The first kappa shape index (κ1) is 10.9. The summed E-state index contributed by atoms with van der Waals surface area (Å²) in [5.74, 6) is -0.00890. The SMILES string of the molecule is C=C(C)C(=O)c1cc(I)ccc1Br. The van der Waals surface area contributed by atoms with Crippen molar-refractivity contribution in [1.82, 2.24) is 0 Å². The smallest absolute Gasteiger partial charge is 0.189 e. The van der Waals surface area contributed by atoms with Gasteiger partial charge in [0.2, 0.25) is 0 Å². The Labute approximate surface area is 99.5 Å². The van der Waals surface area contributed by atoms with Crippen LogP contribution in [-0.2, 0) is 0 Å². The summed E-state index contributed by atoms with van der Waals surface area (Å²) in [4.78, 5) is 11.6. The van der Waals surface area contributed by atoms with Crippen molar-refractivity contribution in [3.63, 3.8) is 0 Å². The quantitative estimate of drug-likeness (QED) is 0.450. The standard InChI is InChI=1S/C10H8BrIO/c1-6(2)10(13)8-5-7(12)3-4-9(8)11/h3-5H,1H2,2H3. The summed E-state index contributed by atoms with van der Waals surface area (Å²) in [6.45, 7) is 5.35. The van der Waals surface area contributed by atoms with Gasteiger partial charge in [0.05, 0.1) is 0 Å². The predicted molar refractivity (Wildman–Crippen MR) is 66.0 cm³/mol. The van der Waals surface area contributed by atoms with Crippen LogP contribution < -0.4 is 0 Å². The highest BCUT2D eigenvalue weighted by Crippen LogP contribution is 2.21. The Morgan fingerprint density at radius 2 is 2.15 bits per heavy atom. The molecule has 0 atom stereocenters. The average molecular weight is 351 g/mol. The van der Waals surface area contributed by atoms with Crippen LogP contribution in [0.15, 0.2) is 34.8 Å². The highest BCUT2D eigenvalue weighted by Gasteiger charge is 2.10. The van der Waals surface area contributed by atoms with Gasteiger partial charge in [-0.25, -0.2) is 0 Å². The minimum atomic E-state index is -0.00890. The average Bonchev–Trinajstić information content (AvgIpc) is 2.08. The molecule has 1 aromatic rings. The fourth-order valence-electron chi connectivity index (χ4n) is 0.901. The summed E-state index contributed by atoms with van der Waals surface area (Å²) < 4.78 is 1.87. The zero-order chi connectivity index (χ0) is 10.0. The van der Waals surface area contributed by atoms with Crippen LogP contribution in [0.4, 0.5) is 0 Å². The number of allylic oxidation sites excluding steroid dienone is 1. The van der Waals surface area contributed by atoms with Crippen LogP contribution in [0.3, 0.4) is 0 Å². The van der Waals surface area contributed by atoms with Crippen LogP contribution in [-0.4, -0.2) is 5.78 Å². The van der Waals surface area contributed by atoms with Crippen molar-refractivity contribution in [3.05, 3.63) is 44.0 Å².